The minimum absolute atomic E-state index is 0.335. The zero-order valence-corrected chi connectivity index (χ0v) is 10.5. The van der Waals surface area contributed by atoms with Gasteiger partial charge >= 0.3 is 0 Å². The van der Waals surface area contributed by atoms with E-state index >= 15 is 0 Å². The second-order valence-electron chi connectivity index (χ2n) is 3.66. The van der Waals surface area contributed by atoms with Gasteiger partial charge in [-0.25, -0.2) is 0 Å². The molecule has 0 aliphatic heterocycles. The predicted molar refractivity (Wildman–Crippen MR) is 71.4 cm³/mol. The van der Waals surface area contributed by atoms with E-state index < -0.39 is 0 Å². The van der Waals surface area contributed by atoms with E-state index in [9.17, 15) is 0 Å². The SMILES string of the molecule is Cc1nn(C)c(Nc2cccnc2)c1C(N)=S. The number of pyridine rings is 1. The molecule has 0 radical (unpaired) electrons. The van der Waals surface area contributed by atoms with Crippen LogP contribution >= 0.6 is 12.2 Å². The van der Waals surface area contributed by atoms with Crippen molar-refractivity contribution in [3.05, 3.63) is 35.8 Å². The number of nitrogens with two attached hydrogens (primary N) is 1. The van der Waals surface area contributed by atoms with Crippen LogP contribution < -0.4 is 11.1 Å². The van der Waals surface area contributed by atoms with E-state index in [0.29, 0.717) is 4.99 Å². The lowest BCUT2D eigenvalue weighted by atomic mass is 10.2. The minimum atomic E-state index is 0.335. The second kappa shape index (κ2) is 4.50. The van der Waals surface area contributed by atoms with Crippen LogP contribution in [0.3, 0.4) is 0 Å². The summed E-state index contributed by atoms with van der Waals surface area (Å²) in [6.45, 7) is 1.88. The van der Waals surface area contributed by atoms with Crippen molar-refractivity contribution < 1.29 is 0 Å². The van der Waals surface area contributed by atoms with Gasteiger partial charge in [0.05, 0.1) is 23.1 Å². The molecule has 0 amide bonds. The average molecular weight is 247 g/mol. The Morgan fingerprint density at radius 1 is 1.53 bits per heavy atom. The van der Waals surface area contributed by atoms with Gasteiger partial charge in [0.25, 0.3) is 0 Å². The number of anilines is 2. The first kappa shape index (κ1) is 11.5. The smallest absolute Gasteiger partial charge is 0.138 e. The van der Waals surface area contributed by atoms with Gasteiger partial charge in [0.1, 0.15) is 10.8 Å². The lowest BCUT2D eigenvalue weighted by Crippen LogP contribution is -2.13. The summed E-state index contributed by atoms with van der Waals surface area (Å²) >= 11 is 5.04. The highest BCUT2D eigenvalue weighted by molar-refractivity contribution is 7.80. The number of aryl methyl sites for hydroxylation is 2. The largest absolute Gasteiger partial charge is 0.389 e. The van der Waals surface area contributed by atoms with Crippen LogP contribution in [0.1, 0.15) is 11.3 Å². The van der Waals surface area contributed by atoms with Crippen molar-refractivity contribution in [2.75, 3.05) is 5.32 Å². The number of thiocarbonyl (C=S) groups is 1. The summed E-state index contributed by atoms with van der Waals surface area (Å²) in [7, 11) is 1.84. The molecule has 2 heterocycles. The topological polar surface area (TPSA) is 68.8 Å². The molecule has 0 bridgehead atoms. The van der Waals surface area contributed by atoms with Gasteiger partial charge in [-0.1, -0.05) is 12.2 Å². The molecule has 0 atom stereocenters. The first-order valence-corrected chi connectivity index (χ1v) is 5.51. The van der Waals surface area contributed by atoms with Crippen LogP contribution in [-0.2, 0) is 7.05 Å². The Morgan fingerprint density at radius 3 is 2.88 bits per heavy atom. The van der Waals surface area contributed by atoms with Gasteiger partial charge in [0.15, 0.2) is 0 Å². The third-order valence-electron chi connectivity index (χ3n) is 2.39. The fraction of sp³-hybridized carbons (Fsp3) is 0.182. The van der Waals surface area contributed by atoms with Crippen LogP contribution in [0.25, 0.3) is 0 Å². The molecule has 3 N–H and O–H groups in total. The molecular weight excluding hydrogens is 234 g/mol. The van der Waals surface area contributed by atoms with Crippen LogP contribution in [-0.4, -0.2) is 19.8 Å². The normalized spacial score (nSPS) is 10.2. The summed E-state index contributed by atoms with van der Waals surface area (Å²) in [5.41, 5.74) is 8.15. The molecule has 0 fully saturated rings. The van der Waals surface area contributed by atoms with Crippen molar-refractivity contribution in [1.82, 2.24) is 14.8 Å². The molecule has 0 aliphatic rings. The molecule has 2 rings (SSSR count). The van der Waals surface area contributed by atoms with E-state index in [1.807, 2.05) is 26.1 Å². The molecule has 0 aliphatic carbocycles. The van der Waals surface area contributed by atoms with Gasteiger partial charge in [0.2, 0.25) is 0 Å². The Balaban J connectivity index is 2.42. The van der Waals surface area contributed by atoms with E-state index in [2.05, 4.69) is 15.4 Å². The first-order valence-electron chi connectivity index (χ1n) is 5.10. The second-order valence-corrected chi connectivity index (χ2v) is 4.10. The molecule has 88 valence electrons. The monoisotopic (exact) mass is 247 g/mol. The summed E-state index contributed by atoms with van der Waals surface area (Å²) in [6.07, 6.45) is 3.44. The Kier molecular flexibility index (Phi) is 3.06. The summed E-state index contributed by atoms with van der Waals surface area (Å²) in [6, 6.07) is 3.77. The van der Waals surface area contributed by atoms with Crippen molar-refractivity contribution in [1.29, 1.82) is 0 Å². The zero-order valence-electron chi connectivity index (χ0n) is 9.64. The summed E-state index contributed by atoms with van der Waals surface area (Å²) < 4.78 is 1.72. The van der Waals surface area contributed by atoms with Gasteiger partial charge in [-0.3, -0.25) is 9.67 Å². The van der Waals surface area contributed by atoms with Crippen LogP contribution in [0.4, 0.5) is 11.5 Å². The lowest BCUT2D eigenvalue weighted by Gasteiger charge is -2.08. The first-order chi connectivity index (χ1) is 8.09. The molecule has 0 saturated carbocycles. The van der Waals surface area contributed by atoms with E-state index in [1.165, 1.54) is 0 Å². The van der Waals surface area contributed by atoms with E-state index in [1.54, 1.807) is 17.1 Å². The maximum atomic E-state index is 5.70. The fourth-order valence-corrected chi connectivity index (χ4v) is 1.91. The molecule has 2 aromatic heterocycles. The number of nitrogens with zero attached hydrogens (tertiary/aromatic N) is 3. The van der Waals surface area contributed by atoms with Crippen molar-refractivity contribution >= 4 is 28.7 Å². The molecule has 6 heteroatoms. The molecule has 0 unspecified atom stereocenters. The lowest BCUT2D eigenvalue weighted by molar-refractivity contribution is 0.765. The maximum Gasteiger partial charge on any atom is 0.138 e. The third-order valence-corrected chi connectivity index (χ3v) is 2.60. The van der Waals surface area contributed by atoms with Crippen LogP contribution in [0, 0.1) is 6.92 Å². The van der Waals surface area contributed by atoms with Crippen molar-refractivity contribution in [3.63, 3.8) is 0 Å². The molecule has 2 aromatic rings. The Hall–Kier alpha value is -1.95. The molecule has 0 aromatic carbocycles. The van der Waals surface area contributed by atoms with Crippen molar-refractivity contribution in [2.45, 2.75) is 6.92 Å². The van der Waals surface area contributed by atoms with Gasteiger partial charge in [-0.05, 0) is 19.1 Å². The molecule has 0 saturated heterocycles. The van der Waals surface area contributed by atoms with Crippen LogP contribution in [0.15, 0.2) is 24.5 Å². The van der Waals surface area contributed by atoms with Gasteiger partial charge in [-0.2, -0.15) is 5.10 Å². The summed E-state index contributed by atoms with van der Waals surface area (Å²) in [4.78, 5) is 4.37. The summed E-state index contributed by atoms with van der Waals surface area (Å²) in [5, 5.41) is 7.51. The molecule has 17 heavy (non-hydrogen) atoms. The number of aromatic nitrogens is 3. The highest BCUT2D eigenvalue weighted by atomic mass is 32.1. The number of hydrogen-bond acceptors (Lipinski definition) is 4. The fourth-order valence-electron chi connectivity index (χ4n) is 1.67. The van der Waals surface area contributed by atoms with Gasteiger partial charge in [0, 0.05) is 13.2 Å². The Labute approximate surface area is 105 Å². The minimum Gasteiger partial charge on any atom is -0.389 e. The van der Waals surface area contributed by atoms with Crippen LogP contribution in [0.5, 0.6) is 0 Å². The Morgan fingerprint density at radius 2 is 2.29 bits per heavy atom. The van der Waals surface area contributed by atoms with Crippen molar-refractivity contribution in [2.24, 2.45) is 12.8 Å². The van der Waals surface area contributed by atoms with Crippen LogP contribution in [0.2, 0.25) is 0 Å². The highest BCUT2D eigenvalue weighted by Gasteiger charge is 2.15. The highest BCUT2D eigenvalue weighted by Crippen LogP contribution is 2.22. The average Bonchev–Trinajstić information content (AvgIpc) is 2.55. The van der Waals surface area contributed by atoms with E-state index in [-0.39, 0.29) is 0 Å². The van der Waals surface area contributed by atoms with Crippen molar-refractivity contribution in [3.8, 4) is 0 Å². The predicted octanol–water partition coefficient (Wildman–Crippen LogP) is 1.50. The number of hydrogen-bond donors (Lipinski definition) is 2. The Bertz CT molecular complexity index is 546. The molecule has 0 spiro atoms. The van der Waals surface area contributed by atoms with E-state index in [4.69, 9.17) is 18.0 Å². The quantitative estimate of drug-likeness (QED) is 0.804. The standard InChI is InChI=1S/C11H13N5S/c1-7-9(10(12)17)11(16(2)15-7)14-8-4-3-5-13-6-8/h3-6,14H,1-2H3,(H2,12,17). The molecule has 5 nitrogen and oxygen atoms in total. The number of nitrogens with one attached hydrogen (secondary N) is 1. The zero-order chi connectivity index (χ0) is 12.4. The molecular formula is C11H13N5S. The third kappa shape index (κ3) is 2.26. The van der Waals surface area contributed by atoms with Gasteiger partial charge in [-0.15, -0.1) is 0 Å². The van der Waals surface area contributed by atoms with Gasteiger partial charge < -0.3 is 11.1 Å². The van der Waals surface area contributed by atoms with E-state index in [0.717, 1.165) is 22.8 Å². The maximum absolute atomic E-state index is 5.70. The number of rotatable bonds is 3. The summed E-state index contributed by atoms with van der Waals surface area (Å²) in [5.74, 6) is 0.781.